The number of primary sulfonamides is 1. The van der Waals surface area contributed by atoms with E-state index in [2.05, 4.69) is 10.1 Å². The highest BCUT2D eigenvalue weighted by molar-refractivity contribution is 7.89. The second kappa shape index (κ2) is 4.59. The number of aromatic nitrogens is 1. The van der Waals surface area contributed by atoms with Gasteiger partial charge in [-0.05, 0) is 16.0 Å². The average molecular weight is 278 g/mol. The molecule has 1 rings (SSSR count). The Morgan fingerprint density at radius 1 is 1.56 bits per heavy atom. The van der Waals surface area contributed by atoms with E-state index in [1.807, 2.05) is 0 Å². The third kappa shape index (κ3) is 2.55. The largest absolute Gasteiger partial charge is 0.385 e. The van der Waals surface area contributed by atoms with Crippen LogP contribution in [-0.4, -0.2) is 18.3 Å². The first-order valence-electron chi connectivity index (χ1n) is 4.09. The normalized spacial score (nSPS) is 11.3. The van der Waals surface area contributed by atoms with Gasteiger partial charge in [-0.2, -0.15) is 5.26 Å². The van der Waals surface area contributed by atoms with Crippen molar-refractivity contribution >= 4 is 15.8 Å². The number of alkyl halides is 2. The first kappa shape index (κ1) is 13.9. The zero-order chi connectivity index (χ0) is 14.1. The molecule has 1 heterocycles. The molecule has 1 aromatic heterocycles. The molecule has 96 valence electrons. The predicted octanol–water partition coefficient (Wildman–Crippen LogP) is 0.446. The van der Waals surface area contributed by atoms with E-state index >= 15 is 0 Å². The Morgan fingerprint density at radius 3 is 2.44 bits per heavy atom. The van der Waals surface area contributed by atoms with E-state index < -0.39 is 43.3 Å². The summed E-state index contributed by atoms with van der Waals surface area (Å²) in [5, 5.41) is 23.7. The van der Waals surface area contributed by atoms with Crippen molar-refractivity contribution < 1.29 is 22.1 Å². The minimum absolute atomic E-state index is 0.281. The number of nitrogens with two attached hydrogens (primary N) is 1. The van der Waals surface area contributed by atoms with Gasteiger partial charge in [-0.1, -0.05) is 0 Å². The average Bonchev–Trinajstić information content (AvgIpc) is 2.25. The van der Waals surface area contributed by atoms with Crippen molar-refractivity contribution in [2.75, 3.05) is 0 Å². The van der Waals surface area contributed by atoms with Crippen molar-refractivity contribution in [2.24, 2.45) is 5.14 Å². The maximum Gasteiger partial charge on any atom is 0.385 e. The Morgan fingerprint density at radius 2 is 2.11 bits per heavy atom. The third-order valence-corrected chi connectivity index (χ3v) is 2.73. The Labute approximate surface area is 98.9 Å². The van der Waals surface area contributed by atoms with Gasteiger partial charge >= 0.3 is 5.82 Å². The summed E-state index contributed by atoms with van der Waals surface area (Å²) in [7, 11) is -4.61. The molecule has 2 N–H and O–H groups in total. The quantitative estimate of drug-likeness (QED) is 0.628. The van der Waals surface area contributed by atoms with Crippen LogP contribution in [0.4, 0.5) is 14.6 Å². The van der Waals surface area contributed by atoms with Gasteiger partial charge in [0.05, 0.1) is 5.56 Å². The van der Waals surface area contributed by atoms with E-state index in [0.717, 1.165) is 0 Å². The number of sulfonamides is 1. The topological polar surface area (TPSA) is 140 Å². The number of pyridine rings is 1. The number of hydrogen-bond acceptors (Lipinski definition) is 6. The molecule has 0 amide bonds. The second-order valence-corrected chi connectivity index (χ2v) is 4.49. The number of hydrogen-bond donors (Lipinski definition) is 1. The minimum atomic E-state index is -4.61. The molecule has 11 heteroatoms. The molecule has 0 aliphatic carbocycles. The van der Waals surface area contributed by atoms with Crippen LogP contribution in [0.3, 0.4) is 0 Å². The summed E-state index contributed by atoms with van der Waals surface area (Å²) in [4.78, 5) is 11.1. The van der Waals surface area contributed by atoms with Gasteiger partial charge in [0.2, 0.25) is 10.0 Å². The van der Waals surface area contributed by atoms with Crippen molar-refractivity contribution in [1.29, 1.82) is 5.26 Å². The SMILES string of the molecule is N#Cc1nc([N+](=O)[O-])c(S(N)(=O)=O)cc1C(F)F. The summed E-state index contributed by atoms with van der Waals surface area (Å²) in [6.07, 6.45) is -3.21. The Balaban J connectivity index is 3.76. The summed E-state index contributed by atoms with van der Waals surface area (Å²) in [6, 6.07) is 1.50. The van der Waals surface area contributed by atoms with Crippen molar-refractivity contribution in [3.05, 3.63) is 27.4 Å². The van der Waals surface area contributed by atoms with Gasteiger partial charge in [0.15, 0.2) is 4.90 Å². The van der Waals surface area contributed by atoms with Crippen LogP contribution in [0.2, 0.25) is 0 Å². The van der Waals surface area contributed by atoms with E-state index in [0.29, 0.717) is 0 Å². The molecule has 0 bridgehead atoms. The smallest absolute Gasteiger partial charge is 0.358 e. The molecule has 0 fully saturated rings. The van der Waals surface area contributed by atoms with Gasteiger partial charge < -0.3 is 10.1 Å². The molecular weight excluding hydrogens is 274 g/mol. The molecule has 1 aromatic rings. The molecule has 8 nitrogen and oxygen atoms in total. The van der Waals surface area contributed by atoms with Crippen molar-refractivity contribution in [3.8, 4) is 6.07 Å². The second-order valence-electron chi connectivity index (χ2n) is 2.96. The number of nitro groups is 1. The van der Waals surface area contributed by atoms with Crippen LogP contribution in [0.25, 0.3) is 0 Å². The lowest BCUT2D eigenvalue weighted by molar-refractivity contribution is -0.392. The fourth-order valence-electron chi connectivity index (χ4n) is 1.10. The van der Waals surface area contributed by atoms with E-state index in [1.165, 1.54) is 6.07 Å². The monoisotopic (exact) mass is 278 g/mol. The lowest BCUT2D eigenvalue weighted by atomic mass is 10.2. The minimum Gasteiger partial charge on any atom is -0.358 e. The summed E-state index contributed by atoms with van der Waals surface area (Å²) in [5.41, 5.74) is -1.96. The summed E-state index contributed by atoms with van der Waals surface area (Å²) in [6.45, 7) is 0. The summed E-state index contributed by atoms with van der Waals surface area (Å²) >= 11 is 0. The number of nitriles is 1. The molecule has 0 saturated heterocycles. The Bertz CT molecular complexity index is 652. The molecule has 0 aliphatic rings. The van der Waals surface area contributed by atoms with Gasteiger partial charge in [-0.25, -0.2) is 22.3 Å². The summed E-state index contributed by atoms with van der Waals surface area (Å²) in [5.74, 6) is -1.27. The van der Waals surface area contributed by atoms with Crippen LogP contribution >= 0.6 is 0 Å². The lowest BCUT2D eigenvalue weighted by Gasteiger charge is -2.04. The van der Waals surface area contributed by atoms with E-state index in [9.17, 15) is 27.3 Å². The molecular formula is C7H4F2N4O4S. The first-order valence-corrected chi connectivity index (χ1v) is 5.63. The maximum atomic E-state index is 12.5. The van der Waals surface area contributed by atoms with Gasteiger partial charge in [-0.15, -0.1) is 0 Å². The maximum absolute atomic E-state index is 12.5. The molecule has 0 spiro atoms. The van der Waals surface area contributed by atoms with E-state index in [1.54, 1.807) is 0 Å². The van der Waals surface area contributed by atoms with Crippen LogP contribution in [0.5, 0.6) is 0 Å². The molecule has 0 aromatic carbocycles. The lowest BCUT2D eigenvalue weighted by Crippen LogP contribution is -2.16. The van der Waals surface area contributed by atoms with Gasteiger partial charge in [0, 0.05) is 0 Å². The first-order chi connectivity index (χ1) is 8.18. The highest BCUT2D eigenvalue weighted by atomic mass is 32.2. The van der Waals surface area contributed by atoms with Gasteiger partial charge in [0.25, 0.3) is 12.1 Å². The Kier molecular flexibility index (Phi) is 3.54. The van der Waals surface area contributed by atoms with Gasteiger partial charge in [-0.3, -0.25) is 0 Å². The molecule has 0 aliphatic heterocycles. The van der Waals surface area contributed by atoms with Crippen LogP contribution in [0.15, 0.2) is 11.0 Å². The number of halogens is 2. The zero-order valence-electron chi connectivity index (χ0n) is 8.37. The van der Waals surface area contributed by atoms with Crippen molar-refractivity contribution in [2.45, 2.75) is 11.3 Å². The van der Waals surface area contributed by atoms with Crippen LogP contribution in [0, 0.1) is 21.4 Å². The fourth-order valence-corrected chi connectivity index (χ4v) is 1.76. The van der Waals surface area contributed by atoms with Crippen LogP contribution < -0.4 is 5.14 Å². The standard InChI is InChI=1S/C7H4F2N4O4S/c8-6(9)3-1-5(18(11,16)17)7(13(14)15)12-4(3)2-10/h1,6H,(H2,11,16,17). The van der Waals surface area contributed by atoms with E-state index in [4.69, 9.17) is 5.26 Å². The van der Waals surface area contributed by atoms with Crippen molar-refractivity contribution in [1.82, 2.24) is 4.98 Å². The predicted molar refractivity (Wildman–Crippen MR) is 51.9 cm³/mol. The molecule has 0 atom stereocenters. The fraction of sp³-hybridized carbons (Fsp3) is 0.143. The third-order valence-electron chi connectivity index (χ3n) is 1.82. The summed E-state index contributed by atoms with van der Waals surface area (Å²) < 4.78 is 47.1. The highest BCUT2D eigenvalue weighted by Gasteiger charge is 2.31. The molecule has 0 saturated carbocycles. The molecule has 0 radical (unpaired) electrons. The van der Waals surface area contributed by atoms with Gasteiger partial charge in [0.1, 0.15) is 6.07 Å². The zero-order valence-corrected chi connectivity index (χ0v) is 9.19. The number of nitrogens with zero attached hydrogens (tertiary/aromatic N) is 3. The number of rotatable bonds is 3. The highest BCUT2D eigenvalue weighted by Crippen LogP contribution is 2.29. The van der Waals surface area contributed by atoms with E-state index in [-0.39, 0.29) is 6.07 Å². The Hall–Kier alpha value is -2.19. The van der Waals surface area contributed by atoms with Crippen LogP contribution in [0.1, 0.15) is 17.7 Å². The molecule has 18 heavy (non-hydrogen) atoms. The molecule has 0 unspecified atom stereocenters. The van der Waals surface area contributed by atoms with Crippen molar-refractivity contribution in [3.63, 3.8) is 0 Å². The van der Waals surface area contributed by atoms with Crippen LogP contribution in [-0.2, 0) is 10.0 Å².